The molecule has 0 amide bonds. The minimum Gasteiger partial charge on any atom is -0.380 e. The summed E-state index contributed by atoms with van der Waals surface area (Å²) in [7, 11) is 0. The fourth-order valence-corrected chi connectivity index (χ4v) is 2.06. The van der Waals surface area contributed by atoms with E-state index in [1.165, 1.54) is 18.4 Å². The Balaban J connectivity index is 1.46. The number of ether oxygens (including phenoxy) is 1. The molecule has 2 nitrogen and oxygen atoms in total. The highest BCUT2D eigenvalue weighted by Gasteiger charge is 2.26. The molecule has 0 aromatic heterocycles. The average molecular weight is 233 g/mol. The van der Waals surface area contributed by atoms with Crippen molar-refractivity contribution < 1.29 is 4.74 Å². The standard InChI is InChI=1S/C15H23NO/c1-13(15-7-8-15)16-10-12-17-11-9-14-5-3-2-4-6-14/h2-6,13,15-16H,7-12H2,1H3. The van der Waals surface area contributed by atoms with Crippen LogP contribution in [0.1, 0.15) is 25.3 Å². The van der Waals surface area contributed by atoms with Crippen molar-refractivity contribution in [3.05, 3.63) is 35.9 Å². The predicted octanol–water partition coefficient (Wildman–Crippen LogP) is 2.63. The molecule has 0 bridgehead atoms. The van der Waals surface area contributed by atoms with Crippen LogP contribution in [-0.4, -0.2) is 25.8 Å². The van der Waals surface area contributed by atoms with Crippen molar-refractivity contribution in [2.75, 3.05) is 19.8 Å². The summed E-state index contributed by atoms with van der Waals surface area (Å²) in [6, 6.07) is 11.2. The molecule has 0 spiro atoms. The lowest BCUT2D eigenvalue weighted by Gasteiger charge is -2.12. The minimum absolute atomic E-state index is 0.674. The molecule has 0 radical (unpaired) electrons. The molecular weight excluding hydrogens is 210 g/mol. The zero-order valence-electron chi connectivity index (χ0n) is 10.7. The van der Waals surface area contributed by atoms with Gasteiger partial charge in [0.05, 0.1) is 13.2 Å². The fraction of sp³-hybridized carbons (Fsp3) is 0.600. The van der Waals surface area contributed by atoms with E-state index in [0.717, 1.165) is 32.1 Å². The highest BCUT2D eigenvalue weighted by atomic mass is 16.5. The number of hydrogen-bond donors (Lipinski definition) is 1. The monoisotopic (exact) mass is 233 g/mol. The van der Waals surface area contributed by atoms with Gasteiger partial charge in [-0.15, -0.1) is 0 Å². The Labute approximate surface area is 104 Å². The Morgan fingerprint density at radius 2 is 2.00 bits per heavy atom. The van der Waals surface area contributed by atoms with Crippen LogP contribution in [0.2, 0.25) is 0 Å². The second kappa shape index (κ2) is 6.77. The van der Waals surface area contributed by atoms with Gasteiger partial charge in [-0.1, -0.05) is 30.3 Å². The quantitative estimate of drug-likeness (QED) is 0.697. The van der Waals surface area contributed by atoms with Crippen molar-refractivity contribution in [3.63, 3.8) is 0 Å². The molecule has 1 atom stereocenters. The van der Waals surface area contributed by atoms with Gasteiger partial charge < -0.3 is 10.1 Å². The molecule has 1 N–H and O–H groups in total. The fourth-order valence-electron chi connectivity index (χ4n) is 2.06. The summed E-state index contributed by atoms with van der Waals surface area (Å²) in [5, 5.41) is 3.52. The van der Waals surface area contributed by atoms with Gasteiger partial charge in [0.15, 0.2) is 0 Å². The smallest absolute Gasteiger partial charge is 0.0591 e. The molecule has 0 saturated heterocycles. The van der Waals surface area contributed by atoms with Crippen LogP contribution in [0.25, 0.3) is 0 Å². The lowest BCUT2D eigenvalue weighted by atomic mass is 10.2. The third-order valence-corrected chi connectivity index (χ3v) is 3.42. The highest BCUT2D eigenvalue weighted by molar-refractivity contribution is 5.14. The van der Waals surface area contributed by atoms with Crippen molar-refractivity contribution in [1.82, 2.24) is 5.32 Å². The number of rotatable bonds is 8. The van der Waals surface area contributed by atoms with Gasteiger partial charge in [-0.25, -0.2) is 0 Å². The normalized spacial score (nSPS) is 17.0. The van der Waals surface area contributed by atoms with Gasteiger partial charge in [-0.2, -0.15) is 0 Å². The SMILES string of the molecule is CC(NCCOCCc1ccccc1)C1CC1. The second-order valence-electron chi connectivity index (χ2n) is 4.93. The molecule has 1 fully saturated rings. The van der Waals surface area contributed by atoms with Gasteiger partial charge in [-0.3, -0.25) is 0 Å². The van der Waals surface area contributed by atoms with Crippen molar-refractivity contribution in [3.8, 4) is 0 Å². The minimum atomic E-state index is 0.674. The van der Waals surface area contributed by atoms with Crippen molar-refractivity contribution in [1.29, 1.82) is 0 Å². The molecule has 1 unspecified atom stereocenters. The lowest BCUT2D eigenvalue weighted by Crippen LogP contribution is -2.31. The van der Waals surface area contributed by atoms with Crippen molar-refractivity contribution in [2.24, 2.45) is 5.92 Å². The number of hydrogen-bond acceptors (Lipinski definition) is 2. The summed E-state index contributed by atoms with van der Waals surface area (Å²) in [6.45, 7) is 4.90. The average Bonchev–Trinajstić information content (AvgIpc) is 3.19. The van der Waals surface area contributed by atoms with Crippen LogP contribution in [0.4, 0.5) is 0 Å². The van der Waals surface area contributed by atoms with Gasteiger partial charge in [0.1, 0.15) is 0 Å². The predicted molar refractivity (Wildman–Crippen MR) is 71.2 cm³/mol. The van der Waals surface area contributed by atoms with E-state index in [1.54, 1.807) is 0 Å². The summed E-state index contributed by atoms with van der Waals surface area (Å²) < 4.78 is 5.63. The van der Waals surface area contributed by atoms with E-state index in [2.05, 4.69) is 36.5 Å². The molecule has 2 heteroatoms. The first-order valence-electron chi connectivity index (χ1n) is 6.71. The summed E-state index contributed by atoms with van der Waals surface area (Å²) in [5.74, 6) is 0.930. The lowest BCUT2D eigenvalue weighted by molar-refractivity contribution is 0.136. The van der Waals surface area contributed by atoms with Gasteiger partial charge in [0.25, 0.3) is 0 Å². The Morgan fingerprint density at radius 1 is 1.24 bits per heavy atom. The van der Waals surface area contributed by atoms with Crippen LogP contribution in [-0.2, 0) is 11.2 Å². The topological polar surface area (TPSA) is 21.3 Å². The molecule has 17 heavy (non-hydrogen) atoms. The molecule has 0 aliphatic heterocycles. The molecule has 94 valence electrons. The number of nitrogens with one attached hydrogen (secondary N) is 1. The highest BCUT2D eigenvalue weighted by Crippen LogP contribution is 2.32. The second-order valence-corrected chi connectivity index (χ2v) is 4.93. The first-order valence-corrected chi connectivity index (χ1v) is 6.71. The summed E-state index contributed by atoms with van der Waals surface area (Å²) >= 11 is 0. The Kier molecular flexibility index (Phi) is 5.02. The molecule has 1 aliphatic rings. The molecule has 1 aliphatic carbocycles. The van der Waals surface area contributed by atoms with E-state index in [9.17, 15) is 0 Å². The maximum atomic E-state index is 5.63. The van der Waals surface area contributed by atoms with Gasteiger partial charge in [0.2, 0.25) is 0 Å². The zero-order valence-corrected chi connectivity index (χ0v) is 10.7. The van der Waals surface area contributed by atoms with E-state index >= 15 is 0 Å². The van der Waals surface area contributed by atoms with Crippen LogP contribution in [0.3, 0.4) is 0 Å². The van der Waals surface area contributed by atoms with Crippen LogP contribution in [0, 0.1) is 5.92 Å². The molecule has 1 saturated carbocycles. The molecule has 2 rings (SSSR count). The summed E-state index contributed by atoms with van der Waals surface area (Å²) in [5.41, 5.74) is 1.35. The Morgan fingerprint density at radius 3 is 2.71 bits per heavy atom. The van der Waals surface area contributed by atoms with E-state index in [1.807, 2.05) is 6.07 Å². The molecular formula is C15H23NO. The molecule has 1 aromatic rings. The third kappa shape index (κ3) is 4.88. The van der Waals surface area contributed by atoms with Crippen molar-refractivity contribution >= 4 is 0 Å². The van der Waals surface area contributed by atoms with E-state index in [0.29, 0.717) is 6.04 Å². The van der Waals surface area contributed by atoms with Crippen LogP contribution >= 0.6 is 0 Å². The first-order chi connectivity index (χ1) is 8.36. The van der Waals surface area contributed by atoms with E-state index < -0.39 is 0 Å². The summed E-state index contributed by atoms with van der Waals surface area (Å²) in [6.07, 6.45) is 3.82. The number of benzene rings is 1. The van der Waals surface area contributed by atoms with E-state index in [4.69, 9.17) is 4.74 Å². The first kappa shape index (κ1) is 12.6. The van der Waals surface area contributed by atoms with Gasteiger partial charge in [0, 0.05) is 12.6 Å². The zero-order chi connectivity index (χ0) is 11.9. The van der Waals surface area contributed by atoms with Crippen molar-refractivity contribution in [2.45, 2.75) is 32.2 Å². The molecule has 0 heterocycles. The largest absolute Gasteiger partial charge is 0.380 e. The van der Waals surface area contributed by atoms with Crippen LogP contribution in [0.15, 0.2) is 30.3 Å². The third-order valence-electron chi connectivity index (χ3n) is 3.42. The van der Waals surface area contributed by atoms with Crippen LogP contribution in [0.5, 0.6) is 0 Å². The van der Waals surface area contributed by atoms with Crippen LogP contribution < -0.4 is 5.32 Å². The molecule has 1 aromatic carbocycles. The van der Waals surface area contributed by atoms with Gasteiger partial charge in [-0.05, 0) is 37.7 Å². The maximum Gasteiger partial charge on any atom is 0.0591 e. The summed E-state index contributed by atoms with van der Waals surface area (Å²) in [4.78, 5) is 0. The Bertz CT molecular complexity index is 308. The van der Waals surface area contributed by atoms with E-state index in [-0.39, 0.29) is 0 Å². The Hall–Kier alpha value is -0.860. The maximum absolute atomic E-state index is 5.63. The van der Waals surface area contributed by atoms with Gasteiger partial charge >= 0.3 is 0 Å².